The minimum absolute atomic E-state index is 0.228. The van der Waals surface area contributed by atoms with Gasteiger partial charge in [-0.15, -0.1) is 0 Å². The molecule has 0 fully saturated rings. The Balaban J connectivity index is 2.17. The van der Waals surface area contributed by atoms with Crippen LogP contribution in [0.4, 0.5) is 5.13 Å². The third-order valence-corrected chi connectivity index (χ3v) is 3.78. The topological polar surface area (TPSA) is 105 Å². The SMILES string of the molecule is O=C(CP(=O)([O-])[O-])Nc1nc2ccc(Cl)cc2s1. The Morgan fingerprint density at radius 1 is 1.50 bits per heavy atom. The predicted molar refractivity (Wildman–Crippen MR) is 65.7 cm³/mol. The van der Waals surface area contributed by atoms with E-state index in [9.17, 15) is 19.1 Å². The van der Waals surface area contributed by atoms with Gasteiger partial charge in [0.15, 0.2) is 5.13 Å². The van der Waals surface area contributed by atoms with Gasteiger partial charge in [-0.1, -0.05) is 30.5 Å². The molecule has 2 rings (SSSR count). The molecule has 1 amide bonds. The summed E-state index contributed by atoms with van der Waals surface area (Å²) in [4.78, 5) is 36.1. The van der Waals surface area contributed by atoms with Crippen LogP contribution in [-0.4, -0.2) is 17.1 Å². The van der Waals surface area contributed by atoms with Gasteiger partial charge in [0.05, 0.1) is 16.4 Å². The molecule has 0 bridgehead atoms. The van der Waals surface area contributed by atoms with E-state index in [0.29, 0.717) is 10.5 Å². The van der Waals surface area contributed by atoms with Crippen molar-refractivity contribution in [3.8, 4) is 0 Å². The highest BCUT2D eigenvalue weighted by molar-refractivity contribution is 7.49. The zero-order chi connectivity index (χ0) is 13.3. The molecule has 0 saturated carbocycles. The van der Waals surface area contributed by atoms with E-state index < -0.39 is 19.7 Å². The van der Waals surface area contributed by atoms with Crippen LogP contribution in [0.2, 0.25) is 5.02 Å². The largest absolute Gasteiger partial charge is 0.810 e. The van der Waals surface area contributed by atoms with Crippen molar-refractivity contribution < 1.29 is 19.1 Å². The van der Waals surface area contributed by atoms with Crippen molar-refractivity contribution in [3.63, 3.8) is 0 Å². The summed E-state index contributed by atoms with van der Waals surface area (Å²) in [6, 6.07) is 5.00. The molecule has 0 atom stereocenters. The summed E-state index contributed by atoms with van der Waals surface area (Å²) < 4.78 is 11.2. The Kier molecular flexibility index (Phi) is 3.70. The number of carbonyl (C=O) groups excluding carboxylic acids is 1. The fourth-order valence-electron chi connectivity index (χ4n) is 1.29. The van der Waals surface area contributed by atoms with Gasteiger partial charge in [-0.3, -0.25) is 4.79 Å². The second-order valence-electron chi connectivity index (χ2n) is 3.45. The average Bonchev–Trinajstić information content (AvgIpc) is 2.55. The molecule has 96 valence electrons. The van der Waals surface area contributed by atoms with Crippen LogP contribution in [0, 0.1) is 0 Å². The van der Waals surface area contributed by atoms with Crippen LogP contribution in [0.5, 0.6) is 0 Å². The summed E-state index contributed by atoms with van der Waals surface area (Å²) >= 11 is 6.94. The van der Waals surface area contributed by atoms with Crippen molar-refractivity contribution in [2.75, 3.05) is 11.5 Å². The lowest BCUT2D eigenvalue weighted by Crippen LogP contribution is -2.25. The maximum absolute atomic E-state index is 11.2. The summed E-state index contributed by atoms with van der Waals surface area (Å²) in [5.74, 6) is -0.895. The van der Waals surface area contributed by atoms with Crippen molar-refractivity contribution in [2.45, 2.75) is 0 Å². The summed E-state index contributed by atoms with van der Waals surface area (Å²) in [5.41, 5.74) is 0.632. The van der Waals surface area contributed by atoms with Crippen LogP contribution in [0.3, 0.4) is 0 Å². The second kappa shape index (κ2) is 4.95. The van der Waals surface area contributed by atoms with E-state index in [1.54, 1.807) is 18.2 Å². The van der Waals surface area contributed by atoms with Crippen LogP contribution in [0.1, 0.15) is 0 Å². The molecule has 18 heavy (non-hydrogen) atoms. The molecule has 0 unspecified atom stereocenters. The summed E-state index contributed by atoms with van der Waals surface area (Å²) in [6.45, 7) is 0. The Bertz CT molecular complexity index is 653. The summed E-state index contributed by atoms with van der Waals surface area (Å²) in [6.07, 6.45) is -1.08. The number of hydrogen-bond donors (Lipinski definition) is 1. The van der Waals surface area contributed by atoms with Gasteiger partial charge in [0, 0.05) is 5.02 Å². The lowest BCUT2D eigenvalue weighted by molar-refractivity contribution is -0.312. The number of fused-ring (bicyclic) bond motifs is 1. The molecule has 1 aromatic carbocycles. The van der Waals surface area contributed by atoms with E-state index in [-0.39, 0.29) is 5.13 Å². The molecule has 0 spiro atoms. The van der Waals surface area contributed by atoms with Crippen LogP contribution in [0.15, 0.2) is 18.2 Å². The predicted octanol–water partition coefficient (Wildman–Crippen LogP) is 0.802. The Morgan fingerprint density at radius 2 is 2.22 bits per heavy atom. The van der Waals surface area contributed by atoms with Gasteiger partial charge in [0.25, 0.3) is 0 Å². The monoisotopic (exact) mass is 304 g/mol. The number of anilines is 1. The summed E-state index contributed by atoms with van der Waals surface area (Å²) in [5, 5.41) is 3.02. The molecule has 1 N–H and O–H groups in total. The number of nitrogens with zero attached hydrogens (tertiary/aromatic N) is 1. The molecular formula is C9H6ClN2O4PS-2. The van der Waals surface area contributed by atoms with Gasteiger partial charge in [0.2, 0.25) is 5.91 Å². The van der Waals surface area contributed by atoms with E-state index >= 15 is 0 Å². The molecule has 6 nitrogen and oxygen atoms in total. The van der Waals surface area contributed by atoms with Crippen LogP contribution >= 0.6 is 30.5 Å². The van der Waals surface area contributed by atoms with Crippen molar-refractivity contribution in [1.29, 1.82) is 0 Å². The first kappa shape index (κ1) is 13.5. The highest BCUT2D eigenvalue weighted by Gasteiger charge is 2.09. The minimum Gasteiger partial charge on any atom is -0.810 e. The molecule has 0 aliphatic heterocycles. The highest BCUT2D eigenvalue weighted by Crippen LogP contribution is 2.29. The molecule has 0 saturated heterocycles. The van der Waals surface area contributed by atoms with E-state index in [2.05, 4.69) is 10.3 Å². The van der Waals surface area contributed by atoms with E-state index in [1.165, 1.54) is 0 Å². The first-order valence-electron chi connectivity index (χ1n) is 4.70. The number of nitrogens with one attached hydrogen (secondary N) is 1. The van der Waals surface area contributed by atoms with Crippen molar-refractivity contribution >= 4 is 51.8 Å². The smallest absolute Gasteiger partial charge is 0.231 e. The van der Waals surface area contributed by atoms with Crippen LogP contribution < -0.4 is 15.1 Å². The first-order chi connectivity index (χ1) is 8.33. The number of aromatic nitrogens is 1. The molecule has 0 aliphatic rings. The van der Waals surface area contributed by atoms with Gasteiger partial charge < -0.3 is 19.7 Å². The Hall–Kier alpha value is -0.980. The zero-order valence-electron chi connectivity index (χ0n) is 8.75. The van der Waals surface area contributed by atoms with E-state index in [0.717, 1.165) is 16.0 Å². The maximum atomic E-state index is 11.2. The number of rotatable bonds is 3. The minimum atomic E-state index is -4.86. The number of thiazole rings is 1. The molecule has 0 radical (unpaired) electrons. The molecule has 9 heteroatoms. The van der Waals surface area contributed by atoms with E-state index in [4.69, 9.17) is 11.6 Å². The fourth-order valence-corrected chi connectivity index (χ4v) is 2.88. The van der Waals surface area contributed by atoms with E-state index in [1.807, 2.05) is 0 Å². The number of halogens is 1. The van der Waals surface area contributed by atoms with Gasteiger partial charge in [-0.05, 0) is 18.2 Å². The molecular weight excluding hydrogens is 299 g/mol. The van der Waals surface area contributed by atoms with Gasteiger partial charge in [-0.25, -0.2) is 4.98 Å². The van der Waals surface area contributed by atoms with Crippen LogP contribution in [0.25, 0.3) is 10.2 Å². The lowest BCUT2D eigenvalue weighted by Gasteiger charge is -2.27. The second-order valence-corrected chi connectivity index (χ2v) is 6.45. The van der Waals surface area contributed by atoms with Crippen molar-refractivity contribution in [3.05, 3.63) is 23.2 Å². The van der Waals surface area contributed by atoms with Gasteiger partial charge >= 0.3 is 0 Å². The first-order valence-corrected chi connectivity index (χ1v) is 7.63. The van der Waals surface area contributed by atoms with Crippen molar-refractivity contribution in [1.82, 2.24) is 4.98 Å². The third kappa shape index (κ3) is 3.51. The number of amides is 1. The van der Waals surface area contributed by atoms with Crippen LogP contribution in [-0.2, 0) is 9.36 Å². The highest BCUT2D eigenvalue weighted by atomic mass is 35.5. The molecule has 1 heterocycles. The normalized spacial score (nSPS) is 11.7. The Morgan fingerprint density at radius 3 is 2.89 bits per heavy atom. The molecule has 0 aliphatic carbocycles. The Labute approximate surface area is 111 Å². The third-order valence-electron chi connectivity index (χ3n) is 1.93. The molecule has 1 aromatic heterocycles. The van der Waals surface area contributed by atoms with Gasteiger partial charge in [0.1, 0.15) is 0 Å². The van der Waals surface area contributed by atoms with Gasteiger partial charge in [-0.2, -0.15) is 0 Å². The fraction of sp³-hybridized carbons (Fsp3) is 0.111. The lowest BCUT2D eigenvalue weighted by atomic mass is 10.3. The molecule has 2 aromatic rings. The summed E-state index contributed by atoms with van der Waals surface area (Å²) in [7, 11) is -4.86. The number of hydrogen-bond acceptors (Lipinski definition) is 6. The standard InChI is InChI=1S/C9H8ClN2O4PS/c10-5-1-2-6-7(3-5)18-9(11-6)12-8(13)4-17(14,15)16/h1-3H,4H2,(H,11,12,13)(H2,14,15,16)/p-2. The number of benzene rings is 1. The number of carbonyl (C=O) groups is 1. The zero-order valence-corrected chi connectivity index (χ0v) is 11.2. The maximum Gasteiger partial charge on any atom is 0.231 e. The average molecular weight is 305 g/mol. The van der Waals surface area contributed by atoms with Crippen molar-refractivity contribution in [2.24, 2.45) is 0 Å². The quantitative estimate of drug-likeness (QED) is 0.844.